The highest BCUT2D eigenvalue weighted by Crippen LogP contribution is 2.21. The van der Waals surface area contributed by atoms with Crippen LogP contribution in [-0.2, 0) is 5.75 Å². The lowest BCUT2D eigenvalue weighted by Crippen LogP contribution is -1.91. The van der Waals surface area contributed by atoms with Crippen molar-refractivity contribution in [3.05, 3.63) is 29.3 Å². The highest BCUT2D eigenvalue weighted by molar-refractivity contribution is 7.98. The molecule has 0 aromatic heterocycles. The third-order valence-electron chi connectivity index (χ3n) is 2.18. The van der Waals surface area contributed by atoms with E-state index in [0.717, 1.165) is 17.1 Å². The molecule has 0 heterocycles. The van der Waals surface area contributed by atoms with Gasteiger partial charge in [0, 0.05) is 5.75 Å². The van der Waals surface area contributed by atoms with Gasteiger partial charge in [-0.05, 0) is 29.9 Å². The molecule has 92 valence electrons. The van der Waals surface area contributed by atoms with Crippen molar-refractivity contribution in [1.29, 1.82) is 0 Å². The number of hydrogen-bond donors (Lipinski definition) is 1. The van der Waals surface area contributed by atoms with Crippen LogP contribution in [0.1, 0.15) is 24.5 Å². The zero-order valence-electron chi connectivity index (χ0n) is 10.3. The number of hydrogen-bond acceptors (Lipinski definition) is 3. The number of thioether (sulfide) groups is 1. The van der Waals surface area contributed by atoms with E-state index in [1.54, 1.807) is 7.11 Å². The Morgan fingerprint density at radius 2 is 2.24 bits per heavy atom. The second-order valence-corrected chi connectivity index (χ2v) is 4.65. The average molecular weight is 250 g/mol. The van der Waals surface area contributed by atoms with E-state index in [1.807, 2.05) is 23.9 Å². The molecule has 0 saturated carbocycles. The molecule has 17 heavy (non-hydrogen) atoms. The minimum Gasteiger partial charge on any atom is -0.495 e. The minimum atomic E-state index is -0.127. The first-order chi connectivity index (χ1) is 8.31. The number of benzene rings is 1. The maximum absolute atomic E-state index is 8.72. The predicted molar refractivity (Wildman–Crippen MR) is 73.4 cm³/mol. The summed E-state index contributed by atoms with van der Waals surface area (Å²) in [6.45, 7) is 2.05. The average Bonchev–Trinajstić information content (AvgIpc) is 2.37. The van der Waals surface area contributed by atoms with Gasteiger partial charge in [-0.2, -0.15) is 11.8 Å². The summed E-state index contributed by atoms with van der Waals surface area (Å²) in [7, 11) is 1.63. The summed E-state index contributed by atoms with van der Waals surface area (Å²) in [5.74, 6) is 8.48. The van der Waals surface area contributed by atoms with Crippen LogP contribution in [0.4, 0.5) is 0 Å². The molecule has 1 rings (SSSR count). The van der Waals surface area contributed by atoms with Crippen LogP contribution in [0.3, 0.4) is 0 Å². The molecule has 1 N–H and O–H groups in total. The molecule has 0 aliphatic carbocycles. The van der Waals surface area contributed by atoms with E-state index in [9.17, 15) is 0 Å². The molecule has 0 amide bonds. The van der Waals surface area contributed by atoms with Gasteiger partial charge in [0.05, 0.1) is 12.7 Å². The number of ether oxygens (including phenoxy) is 1. The molecule has 1 aromatic rings. The summed E-state index contributed by atoms with van der Waals surface area (Å²) < 4.78 is 5.23. The van der Waals surface area contributed by atoms with Crippen LogP contribution in [0.2, 0.25) is 0 Å². The third-order valence-corrected chi connectivity index (χ3v) is 3.42. The summed E-state index contributed by atoms with van der Waals surface area (Å²) in [5, 5.41) is 8.72. The van der Waals surface area contributed by atoms with E-state index in [1.165, 1.54) is 17.7 Å². The SMILES string of the molecule is CCCSCc1ccc(OC)c(C#CCO)c1. The van der Waals surface area contributed by atoms with Gasteiger partial charge in [-0.15, -0.1) is 0 Å². The summed E-state index contributed by atoms with van der Waals surface area (Å²) in [5.41, 5.74) is 2.09. The van der Waals surface area contributed by atoms with Gasteiger partial charge in [0.15, 0.2) is 0 Å². The van der Waals surface area contributed by atoms with Crippen molar-refractivity contribution in [3.63, 3.8) is 0 Å². The highest BCUT2D eigenvalue weighted by atomic mass is 32.2. The van der Waals surface area contributed by atoms with Gasteiger partial charge in [0.1, 0.15) is 12.4 Å². The number of methoxy groups -OCH3 is 1. The fourth-order valence-electron chi connectivity index (χ4n) is 1.41. The smallest absolute Gasteiger partial charge is 0.134 e. The van der Waals surface area contributed by atoms with Gasteiger partial charge in [0.25, 0.3) is 0 Å². The molecule has 0 saturated heterocycles. The van der Waals surface area contributed by atoms with Crippen LogP contribution in [0.25, 0.3) is 0 Å². The van der Waals surface area contributed by atoms with E-state index in [0.29, 0.717) is 0 Å². The molecule has 0 bridgehead atoms. The maximum atomic E-state index is 8.72. The van der Waals surface area contributed by atoms with Crippen LogP contribution in [0.5, 0.6) is 5.75 Å². The lowest BCUT2D eigenvalue weighted by atomic mass is 10.1. The second kappa shape index (κ2) is 8.05. The lowest BCUT2D eigenvalue weighted by molar-refractivity contribution is 0.350. The van der Waals surface area contributed by atoms with Gasteiger partial charge >= 0.3 is 0 Å². The van der Waals surface area contributed by atoms with Crippen LogP contribution in [0.15, 0.2) is 18.2 Å². The third kappa shape index (κ3) is 4.72. The summed E-state index contributed by atoms with van der Waals surface area (Å²) in [6, 6.07) is 6.03. The standard InChI is InChI=1S/C14H18O2S/c1-3-9-17-11-12-6-7-14(16-2)13(10-12)5-4-8-15/h6-7,10,15H,3,8-9,11H2,1-2H3. The Bertz CT molecular complexity index is 404. The van der Waals surface area contributed by atoms with Crippen molar-refractivity contribution >= 4 is 11.8 Å². The molecule has 0 fully saturated rings. The van der Waals surface area contributed by atoms with Crippen molar-refractivity contribution in [2.45, 2.75) is 19.1 Å². The van der Waals surface area contributed by atoms with Crippen LogP contribution < -0.4 is 4.74 Å². The van der Waals surface area contributed by atoms with Crippen molar-refractivity contribution in [2.75, 3.05) is 19.5 Å². The van der Waals surface area contributed by atoms with E-state index in [2.05, 4.69) is 24.8 Å². The number of rotatable bonds is 5. The lowest BCUT2D eigenvalue weighted by Gasteiger charge is -2.06. The first-order valence-corrected chi connectivity index (χ1v) is 6.81. The molecule has 0 aliphatic heterocycles. The van der Waals surface area contributed by atoms with Crippen molar-refractivity contribution in [2.24, 2.45) is 0 Å². The Hall–Kier alpha value is -1.11. The molecule has 0 aliphatic rings. The Kier molecular flexibility index (Phi) is 6.61. The van der Waals surface area contributed by atoms with Gasteiger partial charge in [-0.25, -0.2) is 0 Å². The van der Waals surface area contributed by atoms with Crippen molar-refractivity contribution in [1.82, 2.24) is 0 Å². The quantitative estimate of drug-likeness (QED) is 0.643. The van der Waals surface area contributed by atoms with Gasteiger partial charge in [-0.1, -0.05) is 24.8 Å². The zero-order valence-corrected chi connectivity index (χ0v) is 11.1. The second-order valence-electron chi connectivity index (χ2n) is 3.55. The van der Waals surface area contributed by atoms with E-state index in [-0.39, 0.29) is 6.61 Å². The Morgan fingerprint density at radius 1 is 1.41 bits per heavy atom. The molecule has 0 radical (unpaired) electrons. The Labute approximate surface area is 107 Å². The van der Waals surface area contributed by atoms with Crippen molar-refractivity contribution < 1.29 is 9.84 Å². The fraction of sp³-hybridized carbons (Fsp3) is 0.429. The van der Waals surface area contributed by atoms with Gasteiger partial charge in [-0.3, -0.25) is 0 Å². The van der Waals surface area contributed by atoms with Crippen molar-refractivity contribution in [3.8, 4) is 17.6 Å². The first-order valence-electron chi connectivity index (χ1n) is 5.66. The molecule has 0 atom stereocenters. The topological polar surface area (TPSA) is 29.5 Å². The van der Waals surface area contributed by atoms with Crippen LogP contribution >= 0.6 is 11.8 Å². The van der Waals surface area contributed by atoms with Crippen LogP contribution in [0, 0.1) is 11.8 Å². The molecule has 2 nitrogen and oxygen atoms in total. The highest BCUT2D eigenvalue weighted by Gasteiger charge is 2.02. The van der Waals surface area contributed by atoms with E-state index < -0.39 is 0 Å². The number of aliphatic hydroxyl groups is 1. The molecule has 0 spiro atoms. The number of aliphatic hydroxyl groups excluding tert-OH is 1. The maximum Gasteiger partial charge on any atom is 0.134 e. The summed E-state index contributed by atoms with van der Waals surface area (Å²) in [4.78, 5) is 0. The first kappa shape index (κ1) is 14.0. The van der Waals surface area contributed by atoms with Gasteiger partial charge in [0.2, 0.25) is 0 Å². The largest absolute Gasteiger partial charge is 0.495 e. The molecule has 3 heteroatoms. The Balaban J connectivity index is 2.81. The molecular weight excluding hydrogens is 232 g/mol. The molecule has 0 unspecified atom stereocenters. The predicted octanol–water partition coefficient (Wildman–Crippen LogP) is 2.68. The van der Waals surface area contributed by atoms with Crippen LogP contribution in [-0.4, -0.2) is 24.6 Å². The summed E-state index contributed by atoms with van der Waals surface area (Å²) >= 11 is 1.91. The fourth-order valence-corrected chi connectivity index (χ4v) is 2.26. The zero-order chi connectivity index (χ0) is 12.5. The van der Waals surface area contributed by atoms with E-state index in [4.69, 9.17) is 9.84 Å². The van der Waals surface area contributed by atoms with E-state index >= 15 is 0 Å². The van der Waals surface area contributed by atoms with Gasteiger partial charge < -0.3 is 9.84 Å². The minimum absolute atomic E-state index is 0.127. The monoisotopic (exact) mass is 250 g/mol. The molecule has 1 aromatic carbocycles. The molecular formula is C14H18O2S. The normalized spacial score (nSPS) is 9.59. The Morgan fingerprint density at radius 3 is 2.88 bits per heavy atom. The summed E-state index contributed by atoms with van der Waals surface area (Å²) in [6.07, 6.45) is 1.19.